The first-order chi connectivity index (χ1) is 9.50. The maximum absolute atomic E-state index is 12.8. The summed E-state index contributed by atoms with van der Waals surface area (Å²) in [6.45, 7) is 2.88. The highest BCUT2D eigenvalue weighted by molar-refractivity contribution is 7.89. The van der Waals surface area contributed by atoms with Crippen molar-refractivity contribution < 1.29 is 8.42 Å². The monoisotopic (exact) mass is 326 g/mol. The van der Waals surface area contributed by atoms with Crippen molar-refractivity contribution in [3.63, 3.8) is 0 Å². The normalized spacial score (nSPS) is 23.1. The predicted octanol–water partition coefficient (Wildman–Crippen LogP) is 2.23. The molecule has 1 aliphatic heterocycles. The second kappa shape index (κ2) is 5.93. The number of nitrogens with two attached hydrogens (primary N) is 1. The average Bonchev–Trinajstić information content (AvgIpc) is 2.79. The molecule has 4 nitrogen and oxygen atoms in total. The van der Waals surface area contributed by atoms with Gasteiger partial charge in [0.2, 0.25) is 10.0 Å². The number of benzene rings is 2. The van der Waals surface area contributed by atoms with Gasteiger partial charge in [0.1, 0.15) is 0 Å². The van der Waals surface area contributed by atoms with Gasteiger partial charge in [0, 0.05) is 24.5 Å². The molecule has 2 aromatic carbocycles. The summed E-state index contributed by atoms with van der Waals surface area (Å²) < 4.78 is 27.1. The number of sulfonamides is 1. The van der Waals surface area contributed by atoms with E-state index < -0.39 is 10.0 Å². The van der Waals surface area contributed by atoms with Crippen molar-refractivity contribution in [2.24, 2.45) is 11.7 Å². The predicted molar refractivity (Wildman–Crippen MR) is 87.1 cm³/mol. The van der Waals surface area contributed by atoms with Crippen LogP contribution in [0.4, 0.5) is 0 Å². The molecule has 0 aliphatic carbocycles. The van der Waals surface area contributed by atoms with Gasteiger partial charge >= 0.3 is 0 Å². The second-order valence-electron chi connectivity index (χ2n) is 5.44. The van der Waals surface area contributed by atoms with Crippen LogP contribution in [0.2, 0.25) is 0 Å². The molecule has 0 radical (unpaired) electrons. The number of rotatable bonds is 2. The van der Waals surface area contributed by atoms with Gasteiger partial charge in [-0.3, -0.25) is 0 Å². The molecular weight excluding hydrogens is 308 g/mol. The zero-order chi connectivity index (χ0) is 14.3. The van der Waals surface area contributed by atoms with Crippen molar-refractivity contribution in [1.82, 2.24) is 4.31 Å². The number of nitrogens with zero attached hydrogens (tertiary/aromatic N) is 1. The van der Waals surface area contributed by atoms with Gasteiger partial charge in [0.25, 0.3) is 0 Å². The molecule has 2 N–H and O–H groups in total. The Bertz CT molecular complexity index is 733. The number of halogens is 1. The Morgan fingerprint density at radius 1 is 1.10 bits per heavy atom. The van der Waals surface area contributed by atoms with Gasteiger partial charge in [-0.25, -0.2) is 8.42 Å². The molecule has 0 saturated carbocycles. The van der Waals surface area contributed by atoms with Crippen LogP contribution in [0.25, 0.3) is 10.8 Å². The van der Waals surface area contributed by atoms with Crippen LogP contribution in [-0.2, 0) is 10.0 Å². The molecule has 2 atom stereocenters. The third-order valence-corrected chi connectivity index (χ3v) is 5.89. The maximum Gasteiger partial charge on any atom is 0.243 e. The average molecular weight is 327 g/mol. The molecule has 3 rings (SSSR count). The summed E-state index contributed by atoms with van der Waals surface area (Å²) in [7, 11) is -3.48. The smallest absolute Gasteiger partial charge is 0.243 e. The Morgan fingerprint density at radius 2 is 1.76 bits per heavy atom. The first kappa shape index (κ1) is 16.2. The molecule has 6 heteroatoms. The highest BCUT2D eigenvalue weighted by Gasteiger charge is 2.35. The third kappa shape index (κ3) is 2.79. The van der Waals surface area contributed by atoms with Gasteiger partial charge in [-0.05, 0) is 17.4 Å². The Kier molecular flexibility index (Phi) is 4.58. The summed E-state index contributed by atoms with van der Waals surface area (Å²) in [4.78, 5) is 0.372. The lowest BCUT2D eigenvalue weighted by Gasteiger charge is -2.17. The topological polar surface area (TPSA) is 63.4 Å². The lowest BCUT2D eigenvalue weighted by Crippen LogP contribution is -2.32. The summed E-state index contributed by atoms with van der Waals surface area (Å²) in [5, 5.41) is 1.70. The van der Waals surface area contributed by atoms with E-state index in [1.165, 1.54) is 4.31 Å². The maximum atomic E-state index is 12.8. The van der Waals surface area contributed by atoms with E-state index in [1.54, 1.807) is 12.1 Å². The number of fused-ring (bicyclic) bond motifs is 1. The Morgan fingerprint density at radius 3 is 2.43 bits per heavy atom. The lowest BCUT2D eigenvalue weighted by atomic mass is 10.1. The van der Waals surface area contributed by atoms with E-state index in [4.69, 9.17) is 5.73 Å². The Balaban J connectivity index is 0.00000161. The molecule has 0 bridgehead atoms. The van der Waals surface area contributed by atoms with Crippen molar-refractivity contribution in [3.05, 3.63) is 42.5 Å². The Hall–Kier alpha value is -1.14. The highest BCUT2D eigenvalue weighted by atomic mass is 35.5. The van der Waals surface area contributed by atoms with Crippen molar-refractivity contribution in [2.75, 3.05) is 13.1 Å². The van der Waals surface area contributed by atoms with Crippen molar-refractivity contribution in [3.8, 4) is 0 Å². The zero-order valence-corrected chi connectivity index (χ0v) is 13.4. The fourth-order valence-corrected chi connectivity index (χ4v) is 4.49. The summed E-state index contributed by atoms with van der Waals surface area (Å²) >= 11 is 0. The summed E-state index contributed by atoms with van der Waals surface area (Å²) in [6, 6.07) is 12.8. The van der Waals surface area contributed by atoms with Crippen molar-refractivity contribution >= 4 is 33.2 Å². The standard InChI is InChI=1S/C15H18N2O2S.ClH/c1-11-9-17(10-14(11)16)20(18,19)15-8-4-6-12-5-2-3-7-13(12)15;/h2-8,11,14H,9-10,16H2,1H3;1H. The molecule has 1 aliphatic rings. The summed E-state index contributed by atoms with van der Waals surface area (Å²) in [5.74, 6) is 0.194. The summed E-state index contributed by atoms with van der Waals surface area (Å²) in [6.07, 6.45) is 0. The van der Waals surface area contributed by atoms with E-state index in [1.807, 2.05) is 37.3 Å². The molecule has 0 spiro atoms. The van der Waals surface area contributed by atoms with Gasteiger partial charge in [0.15, 0.2) is 0 Å². The molecule has 1 heterocycles. The largest absolute Gasteiger partial charge is 0.326 e. The lowest BCUT2D eigenvalue weighted by molar-refractivity contribution is 0.465. The van der Waals surface area contributed by atoms with Crippen LogP contribution in [0, 0.1) is 5.92 Å². The SMILES string of the molecule is CC1CN(S(=O)(=O)c2cccc3ccccc23)CC1N.Cl. The fraction of sp³-hybridized carbons (Fsp3) is 0.333. The van der Waals surface area contributed by atoms with E-state index in [0.717, 1.165) is 10.8 Å². The van der Waals surface area contributed by atoms with E-state index in [2.05, 4.69) is 0 Å². The van der Waals surface area contributed by atoms with Crippen LogP contribution in [0.3, 0.4) is 0 Å². The van der Waals surface area contributed by atoms with Crippen LogP contribution >= 0.6 is 12.4 Å². The number of hydrogen-bond acceptors (Lipinski definition) is 3. The second-order valence-corrected chi connectivity index (χ2v) is 7.35. The molecule has 1 fully saturated rings. The van der Waals surface area contributed by atoms with E-state index in [9.17, 15) is 8.42 Å². The first-order valence-corrected chi connectivity index (χ1v) is 8.17. The van der Waals surface area contributed by atoms with Crippen molar-refractivity contribution in [1.29, 1.82) is 0 Å². The molecule has 1 saturated heterocycles. The van der Waals surface area contributed by atoms with Crippen LogP contribution in [0.1, 0.15) is 6.92 Å². The molecule has 114 valence electrons. The van der Waals surface area contributed by atoms with Gasteiger partial charge in [-0.1, -0.05) is 43.3 Å². The van der Waals surface area contributed by atoms with Gasteiger partial charge in [-0.2, -0.15) is 4.31 Å². The fourth-order valence-electron chi connectivity index (χ4n) is 2.70. The van der Waals surface area contributed by atoms with Crippen LogP contribution in [0.15, 0.2) is 47.4 Å². The molecule has 2 unspecified atom stereocenters. The molecular formula is C15H19ClN2O2S. The Labute approximate surface area is 131 Å². The van der Waals surface area contributed by atoms with Crippen LogP contribution in [0.5, 0.6) is 0 Å². The van der Waals surface area contributed by atoms with Crippen LogP contribution in [-0.4, -0.2) is 31.9 Å². The minimum atomic E-state index is -3.48. The highest BCUT2D eigenvalue weighted by Crippen LogP contribution is 2.28. The van der Waals surface area contributed by atoms with Gasteiger partial charge < -0.3 is 5.73 Å². The van der Waals surface area contributed by atoms with Crippen molar-refractivity contribution in [2.45, 2.75) is 17.9 Å². The number of hydrogen-bond donors (Lipinski definition) is 1. The van der Waals surface area contributed by atoms with Gasteiger partial charge in [-0.15, -0.1) is 12.4 Å². The first-order valence-electron chi connectivity index (χ1n) is 6.73. The van der Waals surface area contributed by atoms with Crippen LogP contribution < -0.4 is 5.73 Å². The van der Waals surface area contributed by atoms with E-state index >= 15 is 0 Å². The van der Waals surface area contributed by atoms with E-state index in [-0.39, 0.29) is 24.4 Å². The zero-order valence-electron chi connectivity index (χ0n) is 11.8. The molecule has 21 heavy (non-hydrogen) atoms. The molecule has 0 aromatic heterocycles. The minimum Gasteiger partial charge on any atom is -0.326 e. The quantitative estimate of drug-likeness (QED) is 0.920. The van der Waals surface area contributed by atoms with E-state index in [0.29, 0.717) is 18.0 Å². The van der Waals surface area contributed by atoms with Gasteiger partial charge in [0.05, 0.1) is 4.90 Å². The molecule has 0 amide bonds. The minimum absolute atomic E-state index is 0. The molecule has 2 aromatic rings. The third-order valence-electron chi connectivity index (χ3n) is 4.00. The summed E-state index contributed by atoms with van der Waals surface area (Å²) in [5.41, 5.74) is 5.95.